The molecule has 0 fully saturated rings. The first-order chi connectivity index (χ1) is 24.8. The molecule has 0 unspecified atom stereocenters. The number of rotatable bonds is 6. The Morgan fingerprint density at radius 1 is 0.340 bits per heavy atom. The van der Waals surface area contributed by atoms with Crippen molar-refractivity contribution in [2.75, 3.05) is 9.80 Å². The van der Waals surface area contributed by atoms with E-state index in [4.69, 9.17) is 9.97 Å². The average Bonchev–Trinajstić information content (AvgIpc) is 3.19. The van der Waals surface area contributed by atoms with Crippen LogP contribution in [0.4, 0.5) is 34.3 Å². The quantitative estimate of drug-likeness (QED) is 0.170. The van der Waals surface area contributed by atoms with Gasteiger partial charge in [-0.1, -0.05) is 109 Å². The van der Waals surface area contributed by atoms with Crippen LogP contribution in [0.1, 0.15) is 0 Å². The predicted molar refractivity (Wildman–Crippen MR) is 210 cm³/mol. The Hall–Kier alpha value is -6.78. The normalized spacial score (nSPS) is 11.6. The summed E-state index contributed by atoms with van der Waals surface area (Å²) in [5.74, 6) is 0.844. The maximum atomic E-state index is 5.33. The molecule has 0 aliphatic carbocycles. The fraction of sp³-hybridized carbons (Fsp3) is 0. The standard InChI is InChI=1S/C46H30N4/c1-4-12-35(13-5-1)49(36-14-6-2-7-15-36)40-27-22-31-21-26-39-41(28-23-32-20-25-38(40)43(31)44(32)39)50(37-16-8-3-9-17-37)42-29-24-34-19-18-33-11-10-30-47-45(33)46(34)48-42/h1-30H. The van der Waals surface area contributed by atoms with Crippen LogP contribution in [0.25, 0.3) is 54.1 Å². The molecular formula is C46H30N4. The smallest absolute Gasteiger partial charge is 0.138 e. The number of hydrogen-bond donors (Lipinski definition) is 0. The minimum atomic E-state index is 0.844. The number of para-hydroxylation sites is 3. The topological polar surface area (TPSA) is 32.3 Å². The molecule has 10 rings (SSSR count). The zero-order valence-corrected chi connectivity index (χ0v) is 27.1. The Kier molecular flexibility index (Phi) is 6.46. The summed E-state index contributed by atoms with van der Waals surface area (Å²) in [7, 11) is 0. The van der Waals surface area contributed by atoms with Crippen molar-refractivity contribution in [2.24, 2.45) is 0 Å². The molecule has 0 saturated heterocycles. The molecule has 50 heavy (non-hydrogen) atoms. The molecule has 8 aromatic carbocycles. The Balaban J connectivity index is 1.24. The number of benzene rings is 8. The molecule has 10 aromatic rings. The van der Waals surface area contributed by atoms with E-state index in [1.165, 1.54) is 32.3 Å². The van der Waals surface area contributed by atoms with Crippen molar-refractivity contribution in [3.63, 3.8) is 0 Å². The summed E-state index contributed by atoms with van der Waals surface area (Å²) in [5.41, 5.74) is 7.30. The third-order valence-corrected chi connectivity index (χ3v) is 9.79. The molecule has 234 valence electrons. The van der Waals surface area contributed by atoms with Gasteiger partial charge in [-0.25, -0.2) is 4.98 Å². The second-order valence-electron chi connectivity index (χ2n) is 12.7. The van der Waals surface area contributed by atoms with Crippen molar-refractivity contribution in [1.29, 1.82) is 0 Å². The lowest BCUT2D eigenvalue weighted by molar-refractivity contribution is 1.22. The largest absolute Gasteiger partial charge is 0.310 e. The van der Waals surface area contributed by atoms with E-state index in [2.05, 4.69) is 180 Å². The Morgan fingerprint density at radius 2 is 0.800 bits per heavy atom. The van der Waals surface area contributed by atoms with E-state index >= 15 is 0 Å². The van der Waals surface area contributed by atoms with Gasteiger partial charge < -0.3 is 4.90 Å². The highest BCUT2D eigenvalue weighted by molar-refractivity contribution is 6.28. The van der Waals surface area contributed by atoms with Gasteiger partial charge in [-0.15, -0.1) is 0 Å². The van der Waals surface area contributed by atoms with Gasteiger partial charge in [0.15, 0.2) is 0 Å². The molecular weight excluding hydrogens is 609 g/mol. The van der Waals surface area contributed by atoms with Crippen LogP contribution in [-0.2, 0) is 0 Å². The van der Waals surface area contributed by atoms with Crippen LogP contribution in [0.2, 0.25) is 0 Å². The van der Waals surface area contributed by atoms with Crippen LogP contribution in [-0.4, -0.2) is 9.97 Å². The van der Waals surface area contributed by atoms with Crippen LogP contribution >= 0.6 is 0 Å². The number of pyridine rings is 2. The third kappa shape index (κ3) is 4.46. The van der Waals surface area contributed by atoms with E-state index < -0.39 is 0 Å². The van der Waals surface area contributed by atoms with Gasteiger partial charge in [-0.05, 0) is 88.3 Å². The molecule has 2 heterocycles. The molecule has 0 saturated carbocycles. The van der Waals surface area contributed by atoms with Crippen LogP contribution in [0.15, 0.2) is 182 Å². The Morgan fingerprint density at radius 3 is 1.38 bits per heavy atom. The van der Waals surface area contributed by atoms with Gasteiger partial charge in [0, 0.05) is 44.8 Å². The molecule has 0 N–H and O–H groups in total. The van der Waals surface area contributed by atoms with E-state index in [0.29, 0.717) is 0 Å². The molecule has 0 aliphatic heterocycles. The number of nitrogens with zero attached hydrogens (tertiary/aromatic N) is 4. The van der Waals surface area contributed by atoms with Gasteiger partial charge >= 0.3 is 0 Å². The minimum Gasteiger partial charge on any atom is -0.310 e. The van der Waals surface area contributed by atoms with Crippen molar-refractivity contribution in [2.45, 2.75) is 0 Å². The number of hydrogen-bond acceptors (Lipinski definition) is 4. The molecule has 0 spiro atoms. The van der Waals surface area contributed by atoms with Crippen molar-refractivity contribution < 1.29 is 0 Å². The fourth-order valence-electron chi connectivity index (χ4n) is 7.55. The zero-order valence-electron chi connectivity index (χ0n) is 27.1. The van der Waals surface area contributed by atoms with Gasteiger partial charge in [0.05, 0.1) is 22.4 Å². The molecule has 0 aliphatic rings. The van der Waals surface area contributed by atoms with Crippen LogP contribution < -0.4 is 9.80 Å². The van der Waals surface area contributed by atoms with Gasteiger partial charge in [-0.2, -0.15) is 0 Å². The second kappa shape index (κ2) is 11.4. The van der Waals surface area contributed by atoms with Crippen LogP contribution in [0.5, 0.6) is 0 Å². The highest BCUT2D eigenvalue weighted by Crippen LogP contribution is 2.47. The summed E-state index contributed by atoms with van der Waals surface area (Å²) in [6.45, 7) is 0. The summed E-state index contributed by atoms with van der Waals surface area (Å²) in [5, 5.41) is 9.45. The molecule has 2 aromatic heterocycles. The second-order valence-corrected chi connectivity index (χ2v) is 12.7. The van der Waals surface area contributed by atoms with Gasteiger partial charge in [0.2, 0.25) is 0 Å². The van der Waals surface area contributed by atoms with Gasteiger partial charge in [0.25, 0.3) is 0 Å². The molecule has 0 atom stereocenters. The van der Waals surface area contributed by atoms with Gasteiger partial charge in [-0.3, -0.25) is 9.88 Å². The highest BCUT2D eigenvalue weighted by Gasteiger charge is 2.22. The fourth-order valence-corrected chi connectivity index (χ4v) is 7.55. The number of anilines is 6. The van der Waals surface area contributed by atoms with Crippen LogP contribution in [0, 0.1) is 0 Å². The lowest BCUT2D eigenvalue weighted by atomic mass is 9.92. The molecule has 0 radical (unpaired) electrons. The molecule has 0 bridgehead atoms. The van der Waals surface area contributed by atoms with Crippen molar-refractivity contribution in [3.8, 4) is 0 Å². The molecule has 4 heteroatoms. The zero-order chi connectivity index (χ0) is 33.0. The lowest BCUT2D eigenvalue weighted by Gasteiger charge is -2.29. The van der Waals surface area contributed by atoms with Crippen molar-refractivity contribution >= 4 is 88.4 Å². The van der Waals surface area contributed by atoms with Gasteiger partial charge in [0.1, 0.15) is 5.82 Å². The number of fused-ring (bicyclic) bond motifs is 3. The summed E-state index contributed by atoms with van der Waals surface area (Å²) in [6.07, 6.45) is 1.84. The summed E-state index contributed by atoms with van der Waals surface area (Å²) in [4.78, 5) is 14.7. The third-order valence-electron chi connectivity index (χ3n) is 9.79. The first-order valence-corrected chi connectivity index (χ1v) is 16.9. The predicted octanol–water partition coefficient (Wildman–Crippen LogP) is 12.6. The maximum absolute atomic E-state index is 5.33. The summed E-state index contributed by atoms with van der Waals surface area (Å²) in [6, 6.07) is 62.5. The van der Waals surface area contributed by atoms with E-state index in [9.17, 15) is 0 Å². The SMILES string of the molecule is c1ccc(N(c2ccccc2)c2ccc3ccc4c(N(c5ccccc5)c5ccc6ccc7cccnc7c6n5)ccc5ccc2c3c54)cc1. The monoisotopic (exact) mass is 638 g/mol. The lowest BCUT2D eigenvalue weighted by Crippen LogP contribution is -2.12. The van der Waals surface area contributed by atoms with E-state index in [1.807, 2.05) is 12.3 Å². The first kappa shape index (κ1) is 28.3. The molecule has 0 amide bonds. The maximum Gasteiger partial charge on any atom is 0.138 e. The Bertz CT molecular complexity index is 2780. The first-order valence-electron chi connectivity index (χ1n) is 16.9. The highest BCUT2D eigenvalue weighted by atomic mass is 15.2. The number of aromatic nitrogens is 2. The average molecular weight is 639 g/mol. The van der Waals surface area contributed by atoms with E-state index in [-0.39, 0.29) is 0 Å². The van der Waals surface area contributed by atoms with Crippen LogP contribution in [0.3, 0.4) is 0 Å². The minimum absolute atomic E-state index is 0.844. The van der Waals surface area contributed by atoms with Crippen molar-refractivity contribution in [1.82, 2.24) is 9.97 Å². The summed E-state index contributed by atoms with van der Waals surface area (Å²) < 4.78 is 0. The summed E-state index contributed by atoms with van der Waals surface area (Å²) >= 11 is 0. The van der Waals surface area contributed by atoms with Crippen molar-refractivity contribution in [3.05, 3.63) is 182 Å². The Labute approximate surface area is 289 Å². The van der Waals surface area contributed by atoms with E-state index in [0.717, 1.165) is 56.1 Å². The van der Waals surface area contributed by atoms with E-state index in [1.54, 1.807) is 0 Å². The molecule has 4 nitrogen and oxygen atoms in total.